The second-order valence-corrected chi connectivity index (χ2v) is 4.52. The number of ether oxygens (including phenoxy) is 2. The molecule has 1 aliphatic heterocycles. The molecule has 1 amide bonds. The summed E-state index contributed by atoms with van der Waals surface area (Å²) in [6.07, 6.45) is -0.803. The van der Waals surface area contributed by atoms with Crippen molar-refractivity contribution in [2.75, 3.05) is 26.8 Å². The van der Waals surface area contributed by atoms with Crippen LogP contribution in [-0.4, -0.2) is 54.7 Å². The van der Waals surface area contributed by atoms with Gasteiger partial charge in [0.2, 0.25) is 0 Å². The van der Waals surface area contributed by atoms with Crippen LogP contribution >= 0.6 is 0 Å². The Labute approximate surface area is 115 Å². The number of carbonyl (C=O) groups excluding carboxylic acids is 2. The molecule has 0 radical (unpaired) electrons. The zero-order valence-corrected chi connectivity index (χ0v) is 11.3. The SMILES string of the molecule is COC(=O)C1CN(C(=O)c2ccc(C)[nH]c2=O)CCO1. The van der Waals surface area contributed by atoms with E-state index in [4.69, 9.17) is 4.74 Å². The van der Waals surface area contributed by atoms with Crippen LogP contribution in [0.1, 0.15) is 16.1 Å². The minimum absolute atomic E-state index is 0.0566. The number of rotatable bonds is 2. The molecule has 0 aliphatic carbocycles. The van der Waals surface area contributed by atoms with E-state index in [1.165, 1.54) is 18.1 Å². The maximum atomic E-state index is 12.3. The number of methoxy groups -OCH3 is 1. The first-order valence-corrected chi connectivity index (χ1v) is 6.21. The van der Waals surface area contributed by atoms with Gasteiger partial charge >= 0.3 is 5.97 Å². The van der Waals surface area contributed by atoms with Crippen molar-refractivity contribution in [3.8, 4) is 0 Å². The molecule has 108 valence electrons. The standard InChI is InChI=1S/C13H16N2O5/c1-8-3-4-9(11(16)14-8)12(17)15-5-6-20-10(7-15)13(18)19-2/h3-4,10H,5-7H2,1-2H3,(H,14,16). The number of nitrogens with one attached hydrogen (secondary N) is 1. The van der Waals surface area contributed by atoms with Crippen molar-refractivity contribution < 1.29 is 19.1 Å². The molecule has 7 heteroatoms. The third kappa shape index (κ3) is 2.88. The summed E-state index contributed by atoms with van der Waals surface area (Å²) >= 11 is 0. The lowest BCUT2D eigenvalue weighted by Crippen LogP contribution is -2.49. The van der Waals surface area contributed by atoms with Crippen molar-refractivity contribution in [2.45, 2.75) is 13.0 Å². The number of hydrogen-bond acceptors (Lipinski definition) is 5. The Balaban J connectivity index is 2.16. The number of H-pyrrole nitrogens is 1. The second kappa shape index (κ2) is 5.87. The van der Waals surface area contributed by atoms with Crippen LogP contribution in [0.25, 0.3) is 0 Å². The van der Waals surface area contributed by atoms with Crippen LogP contribution in [0.2, 0.25) is 0 Å². The first-order chi connectivity index (χ1) is 9.52. The van der Waals surface area contributed by atoms with Gasteiger partial charge in [0.1, 0.15) is 5.56 Å². The Morgan fingerprint density at radius 2 is 2.20 bits per heavy atom. The highest BCUT2D eigenvalue weighted by atomic mass is 16.6. The molecule has 0 spiro atoms. The van der Waals surface area contributed by atoms with Gasteiger partial charge in [-0.05, 0) is 19.1 Å². The van der Waals surface area contributed by atoms with E-state index < -0.39 is 23.5 Å². The molecule has 1 aromatic heterocycles. The van der Waals surface area contributed by atoms with Crippen LogP contribution in [0.5, 0.6) is 0 Å². The predicted octanol–water partition coefficient (Wildman–Crippen LogP) is -0.303. The third-order valence-electron chi connectivity index (χ3n) is 3.10. The van der Waals surface area contributed by atoms with Crippen LogP contribution in [0.3, 0.4) is 0 Å². The molecule has 1 N–H and O–H groups in total. The van der Waals surface area contributed by atoms with Crippen LogP contribution in [0.4, 0.5) is 0 Å². The topological polar surface area (TPSA) is 88.7 Å². The molecule has 1 aromatic rings. The average molecular weight is 280 g/mol. The maximum Gasteiger partial charge on any atom is 0.336 e. The Bertz CT molecular complexity index is 580. The zero-order valence-electron chi connectivity index (χ0n) is 11.3. The Morgan fingerprint density at radius 3 is 2.85 bits per heavy atom. The molecule has 1 fully saturated rings. The highest BCUT2D eigenvalue weighted by molar-refractivity contribution is 5.94. The van der Waals surface area contributed by atoms with Gasteiger partial charge in [0, 0.05) is 12.2 Å². The van der Waals surface area contributed by atoms with Gasteiger partial charge in [0.25, 0.3) is 11.5 Å². The second-order valence-electron chi connectivity index (χ2n) is 4.52. The van der Waals surface area contributed by atoms with Crippen molar-refractivity contribution in [3.05, 3.63) is 33.7 Å². The fourth-order valence-corrected chi connectivity index (χ4v) is 2.02. The maximum absolute atomic E-state index is 12.3. The molecule has 1 saturated heterocycles. The number of esters is 1. The lowest BCUT2D eigenvalue weighted by Gasteiger charge is -2.31. The Morgan fingerprint density at radius 1 is 1.45 bits per heavy atom. The molecule has 0 saturated carbocycles. The number of aromatic amines is 1. The fourth-order valence-electron chi connectivity index (χ4n) is 2.02. The van der Waals surface area contributed by atoms with Gasteiger partial charge < -0.3 is 19.4 Å². The quantitative estimate of drug-likeness (QED) is 0.751. The van der Waals surface area contributed by atoms with E-state index >= 15 is 0 Å². The Kier molecular flexibility index (Phi) is 4.19. The number of aryl methyl sites for hydroxylation is 1. The van der Waals surface area contributed by atoms with E-state index in [1.807, 2.05) is 0 Å². The molecular formula is C13H16N2O5. The molecule has 0 aromatic carbocycles. The summed E-state index contributed by atoms with van der Waals surface area (Å²) in [5.74, 6) is -0.941. The van der Waals surface area contributed by atoms with E-state index in [2.05, 4.69) is 9.72 Å². The van der Waals surface area contributed by atoms with Crippen molar-refractivity contribution in [2.24, 2.45) is 0 Å². The third-order valence-corrected chi connectivity index (χ3v) is 3.10. The van der Waals surface area contributed by atoms with Gasteiger partial charge in [-0.1, -0.05) is 0 Å². The number of nitrogens with zero attached hydrogens (tertiary/aromatic N) is 1. The predicted molar refractivity (Wildman–Crippen MR) is 69.5 cm³/mol. The largest absolute Gasteiger partial charge is 0.467 e. The van der Waals surface area contributed by atoms with Crippen molar-refractivity contribution >= 4 is 11.9 Å². The number of carbonyl (C=O) groups is 2. The van der Waals surface area contributed by atoms with Crippen LogP contribution in [-0.2, 0) is 14.3 Å². The summed E-state index contributed by atoms with van der Waals surface area (Å²) in [5, 5.41) is 0. The van der Waals surface area contributed by atoms with Gasteiger partial charge in [-0.3, -0.25) is 9.59 Å². The van der Waals surface area contributed by atoms with Crippen LogP contribution in [0, 0.1) is 6.92 Å². The van der Waals surface area contributed by atoms with Gasteiger partial charge in [-0.15, -0.1) is 0 Å². The number of pyridine rings is 1. The molecular weight excluding hydrogens is 264 g/mol. The van der Waals surface area contributed by atoms with E-state index in [0.29, 0.717) is 12.2 Å². The zero-order chi connectivity index (χ0) is 14.7. The van der Waals surface area contributed by atoms with Crippen molar-refractivity contribution in [3.63, 3.8) is 0 Å². The summed E-state index contributed by atoms with van der Waals surface area (Å²) in [6.45, 7) is 2.38. The fraction of sp³-hybridized carbons (Fsp3) is 0.462. The van der Waals surface area contributed by atoms with Crippen molar-refractivity contribution in [1.29, 1.82) is 0 Å². The summed E-state index contributed by atoms with van der Waals surface area (Å²) in [5.41, 5.74) is 0.304. The average Bonchev–Trinajstić information content (AvgIpc) is 2.46. The lowest BCUT2D eigenvalue weighted by atomic mass is 10.2. The lowest BCUT2D eigenvalue weighted by molar-refractivity contribution is -0.158. The Hall–Kier alpha value is -2.15. The summed E-state index contributed by atoms with van der Waals surface area (Å²) in [6, 6.07) is 3.14. The minimum atomic E-state index is -0.803. The van der Waals surface area contributed by atoms with Crippen LogP contribution in [0.15, 0.2) is 16.9 Å². The number of amides is 1. The van der Waals surface area contributed by atoms with E-state index in [1.54, 1.807) is 13.0 Å². The number of hydrogen-bond donors (Lipinski definition) is 1. The number of aromatic nitrogens is 1. The molecule has 2 rings (SSSR count). The van der Waals surface area contributed by atoms with Crippen molar-refractivity contribution in [1.82, 2.24) is 9.88 Å². The molecule has 7 nitrogen and oxygen atoms in total. The summed E-state index contributed by atoms with van der Waals surface area (Å²) in [4.78, 5) is 39.5. The van der Waals surface area contributed by atoms with E-state index in [9.17, 15) is 14.4 Å². The smallest absolute Gasteiger partial charge is 0.336 e. The van der Waals surface area contributed by atoms with Gasteiger partial charge in [0.05, 0.1) is 20.3 Å². The monoisotopic (exact) mass is 280 g/mol. The highest BCUT2D eigenvalue weighted by Gasteiger charge is 2.31. The van der Waals surface area contributed by atoms with E-state index in [0.717, 1.165) is 0 Å². The molecule has 1 unspecified atom stereocenters. The first kappa shape index (κ1) is 14.3. The summed E-state index contributed by atoms with van der Waals surface area (Å²) < 4.78 is 9.84. The highest BCUT2D eigenvalue weighted by Crippen LogP contribution is 2.10. The molecule has 1 atom stereocenters. The summed E-state index contributed by atoms with van der Waals surface area (Å²) in [7, 11) is 1.26. The van der Waals surface area contributed by atoms with Crippen LogP contribution < -0.4 is 5.56 Å². The molecule has 2 heterocycles. The molecule has 1 aliphatic rings. The number of morpholine rings is 1. The first-order valence-electron chi connectivity index (χ1n) is 6.21. The van der Waals surface area contributed by atoms with Gasteiger partial charge in [-0.25, -0.2) is 4.79 Å². The van der Waals surface area contributed by atoms with Gasteiger partial charge in [-0.2, -0.15) is 0 Å². The molecule has 0 bridgehead atoms. The minimum Gasteiger partial charge on any atom is -0.467 e. The van der Waals surface area contributed by atoms with E-state index in [-0.39, 0.29) is 18.7 Å². The normalized spacial score (nSPS) is 18.7. The molecule has 20 heavy (non-hydrogen) atoms. The van der Waals surface area contributed by atoms with Gasteiger partial charge in [0.15, 0.2) is 6.10 Å².